The largest absolute Gasteiger partial charge is 0.378 e. The molecule has 0 spiro atoms. The van der Waals surface area contributed by atoms with Crippen LogP contribution in [0.4, 0.5) is 0 Å². The van der Waals surface area contributed by atoms with Gasteiger partial charge in [-0.3, -0.25) is 0 Å². The molecule has 0 N–H and O–H groups in total. The van der Waals surface area contributed by atoms with Gasteiger partial charge in [0.1, 0.15) is 5.01 Å². The van der Waals surface area contributed by atoms with Crippen LogP contribution in [0.15, 0.2) is 23.6 Å². The molecule has 0 saturated heterocycles. The molecule has 1 aromatic heterocycles. The van der Waals surface area contributed by atoms with Crippen molar-refractivity contribution in [2.24, 2.45) is 0 Å². The first kappa shape index (κ1) is 11.9. The van der Waals surface area contributed by atoms with Crippen molar-refractivity contribution in [2.75, 3.05) is 7.11 Å². The molecule has 84 valence electrons. The highest BCUT2D eigenvalue weighted by atomic mass is 35.5. The Balaban J connectivity index is 2.31. The summed E-state index contributed by atoms with van der Waals surface area (Å²) < 4.78 is 5.02. The number of rotatable bonds is 3. The minimum absolute atomic E-state index is 0.526. The quantitative estimate of drug-likeness (QED) is 0.834. The van der Waals surface area contributed by atoms with Crippen molar-refractivity contribution in [3.8, 4) is 10.6 Å². The summed E-state index contributed by atoms with van der Waals surface area (Å²) in [4.78, 5) is 4.43. The Morgan fingerprint density at radius 3 is 2.81 bits per heavy atom. The number of halogens is 2. The van der Waals surface area contributed by atoms with Gasteiger partial charge in [-0.05, 0) is 12.1 Å². The van der Waals surface area contributed by atoms with Gasteiger partial charge >= 0.3 is 0 Å². The molecule has 5 heteroatoms. The average molecular weight is 274 g/mol. The van der Waals surface area contributed by atoms with Crippen molar-refractivity contribution in [2.45, 2.75) is 6.61 Å². The highest BCUT2D eigenvalue weighted by Crippen LogP contribution is 2.30. The van der Waals surface area contributed by atoms with Crippen molar-refractivity contribution in [1.82, 2.24) is 4.98 Å². The van der Waals surface area contributed by atoms with Crippen molar-refractivity contribution in [3.05, 3.63) is 39.3 Å². The molecule has 2 nitrogen and oxygen atoms in total. The molecule has 1 heterocycles. The topological polar surface area (TPSA) is 22.1 Å². The van der Waals surface area contributed by atoms with E-state index >= 15 is 0 Å². The normalized spacial score (nSPS) is 10.7. The zero-order chi connectivity index (χ0) is 11.5. The summed E-state index contributed by atoms with van der Waals surface area (Å²) in [6, 6.07) is 5.50. The fraction of sp³-hybridized carbons (Fsp3) is 0.182. The molecule has 16 heavy (non-hydrogen) atoms. The smallest absolute Gasteiger partial charge is 0.123 e. The maximum absolute atomic E-state index is 5.95. The third-order valence-electron chi connectivity index (χ3n) is 2.01. The van der Waals surface area contributed by atoms with Gasteiger partial charge in [-0.15, -0.1) is 11.3 Å². The summed E-state index contributed by atoms with van der Waals surface area (Å²) in [6.07, 6.45) is 0. The third kappa shape index (κ3) is 2.55. The number of thiazole rings is 1. The summed E-state index contributed by atoms with van der Waals surface area (Å²) in [5.41, 5.74) is 1.90. The van der Waals surface area contributed by atoms with E-state index in [9.17, 15) is 0 Å². The maximum Gasteiger partial charge on any atom is 0.123 e. The second-order valence-corrected chi connectivity index (χ2v) is 4.88. The van der Waals surface area contributed by atoms with Gasteiger partial charge in [0.15, 0.2) is 0 Å². The molecule has 0 fully saturated rings. The fourth-order valence-corrected chi connectivity index (χ4v) is 2.38. The first-order chi connectivity index (χ1) is 7.70. The van der Waals surface area contributed by atoms with Crippen LogP contribution in [-0.2, 0) is 11.3 Å². The molecule has 0 bridgehead atoms. The van der Waals surface area contributed by atoms with E-state index < -0.39 is 0 Å². The Labute approximate surface area is 108 Å². The maximum atomic E-state index is 5.95. The minimum atomic E-state index is 0.526. The van der Waals surface area contributed by atoms with Crippen LogP contribution in [0.5, 0.6) is 0 Å². The van der Waals surface area contributed by atoms with Gasteiger partial charge in [0, 0.05) is 18.1 Å². The van der Waals surface area contributed by atoms with Crippen LogP contribution in [0.25, 0.3) is 10.6 Å². The lowest BCUT2D eigenvalue weighted by Crippen LogP contribution is -1.87. The van der Waals surface area contributed by atoms with E-state index in [1.165, 1.54) is 0 Å². The SMILES string of the molecule is COCc1csc(-c2ccc(Cl)c(Cl)c2)n1. The van der Waals surface area contributed by atoms with E-state index in [2.05, 4.69) is 4.98 Å². The van der Waals surface area contributed by atoms with E-state index in [1.807, 2.05) is 17.5 Å². The van der Waals surface area contributed by atoms with Gasteiger partial charge in [0.2, 0.25) is 0 Å². The Kier molecular flexibility index (Phi) is 3.82. The summed E-state index contributed by atoms with van der Waals surface area (Å²) >= 11 is 13.4. The van der Waals surface area contributed by atoms with Crippen LogP contribution in [0, 0.1) is 0 Å². The van der Waals surface area contributed by atoms with E-state index in [4.69, 9.17) is 27.9 Å². The number of nitrogens with zero attached hydrogens (tertiary/aromatic N) is 1. The van der Waals surface area contributed by atoms with Crippen molar-refractivity contribution in [1.29, 1.82) is 0 Å². The lowest BCUT2D eigenvalue weighted by Gasteiger charge is -1.99. The van der Waals surface area contributed by atoms with Crippen LogP contribution < -0.4 is 0 Å². The predicted molar refractivity (Wildman–Crippen MR) is 68.3 cm³/mol. The van der Waals surface area contributed by atoms with Crippen LogP contribution in [-0.4, -0.2) is 12.1 Å². The Morgan fingerprint density at radius 1 is 1.31 bits per heavy atom. The molecule has 2 aromatic rings. The summed E-state index contributed by atoms with van der Waals surface area (Å²) in [7, 11) is 1.65. The summed E-state index contributed by atoms with van der Waals surface area (Å²) in [6.45, 7) is 0.526. The average Bonchev–Trinajstić information content (AvgIpc) is 2.71. The fourth-order valence-electron chi connectivity index (χ4n) is 1.28. The van der Waals surface area contributed by atoms with Gasteiger partial charge in [0.05, 0.1) is 22.3 Å². The van der Waals surface area contributed by atoms with E-state index in [0.717, 1.165) is 16.3 Å². The van der Waals surface area contributed by atoms with Crippen molar-refractivity contribution < 1.29 is 4.74 Å². The van der Waals surface area contributed by atoms with E-state index in [-0.39, 0.29) is 0 Å². The van der Waals surface area contributed by atoms with Gasteiger partial charge in [-0.25, -0.2) is 4.98 Å². The summed E-state index contributed by atoms with van der Waals surface area (Å²) in [5, 5.41) is 3.99. The molecule has 0 aliphatic heterocycles. The lowest BCUT2D eigenvalue weighted by molar-refractivity contribution is 0.182. The first-order valence-electron chi connectivity index (χ1n) is 4.59. The van der Waals surface area contributed by atoms with Gasteiger partial charge < -0.3 is 4.74 Å². The predicted octanol–water partition coefficient (Wildman–Crippen LogP) is 4.26. The second-order valence-electron chi connectivity index (χ2n) is 3.21. The van der Waals surface area contributed by atoms with Crippen LogP contribution >= 0.6 is 34.5 Å². The number of methoxy groups -OCH3 is 1. The van der Waals surface area contributed by atoms with Gasteiger partial charge in [-0.1, -0.05) is 29.3 Å². The molecule has 0 radical (unpaired) electrons. The monoisotopic (exact) mass is 273 g/mol. The molecular weight excluding hydrogens is 265 g/mol. The Bertz CT molecular complexity index is 498. The molecule has 0 unspecified atom stereocenters. The van der Waals surface area contributed by atoms with E-state index in [0.29, 0.717) is 16.7 Å². The molecule has 0 aliphatic rings. The number of benzene rings is 1. The van der Waals surface area contributed by atoms with Crippen LogP contribution in [0.2, 0.25) is 10.0 Å². The van der Waals surface area contributed by atoms with Gasteiger partial charge in [-0.2, -0.15) is 0 Å². The number of ether oxygens (including phenoxy) is 1. The van der Waals surface area contributed by atoms with Crippen molar-refractivity contribution >= 4 is 34.5 Å². The van der Waals surface area contributed by atoms with Crippen molar-refractivity contribution in [3.63, 3.8) is 0 Å². The number of aromatic nitrogens is 1. The first-order valence-corrected chi connectivity index (χ1v) is 6.23. The van der Waals surface area contributed by atoms with Crippen LogP contribution in [0.3, 0.4) is 0 Å². The second kappa shape index (κ2) is 5.15. The minimum Gasteiger partial charge on any atom is -0.378 e. The number of hydrogen-bond acceptors (Lipinski definition) is 3. The molecule has 1 aromatic carbocycles. The molecular formula is C11H9Cl2NOS. The standard InChI is InChI=1S/C11H9Cl2NOS/c1-15-5-8-6-16-11(14-8)7-2-3-9(12)10(13)4-7/h2-4,6H,5H2,1H3. The zero-order valence-electron chi connectivity index (χ0n) is 8.54. The Hall–Kier alpha value is -0.610. The van der Waals surface area contributed by atoms with E-state index in [1.54, 1.807) is 24.5 Å². The molecule has 0 atom stereocenters. The lowest BCUT2D eigenvalue weighted by atomic mass is 10.2. The molecule has 0 amide bonds. The Morgan fingerprint density at radius 2 is 2.12 bits per heavy atom. The van der Waals surface area contributed by atoms with Crippen LogP contribution in [0.1, 0.15) is 5.69 Å². The molecule has 2 rings (SSSR count). The summed E-state index contributed by atoms with van der Waals surface area (Å²) in [5.74, 6) is 0. The molecule has 0 saturated carbocycles. The zero-order valence-corrected chi connectivity index (χ0v) is 10.9. The van der Waals surface area contributed by atoms with Gasteiger partial charge in [0.25, 0.3) is 0 Å². The number of hydrogen-bond donors (Lipinski definition) is 0. The highest BCUT2D eigenvalue weighted by Gasteiger charge is 2.06. The molecule has 0 aliphatic carbocycles. The highest BCUT2D eigenvalue weighted by molar-refractivity contribution is 7.13. The third-order valence-corrected chi connectivity index (χ3v) is 3.69.